The average Bonchev–Trinajstić information content (AvgIpc) is 3.34. The molecule has 0 spiro atoms. The summed E-state index contributed by atoms with van der Waals surface area (Å²) in [6.45, 7) is 7.10. The molecule has 11 heteroatoms. The number of likely N-dealkylation sites (N-methyl/N-ethyl adjacent to an activating group) is 1. The number of rotatable bonds is 10. The van der Waals surface area contributed by atoms with Gasteiger partial charge in [0.1, 0.15) is 29.9 Å². The van der Waals surface area contributed by atoms with Crippen molar-refractivity contribution in [3.63, 3.8) is 0 Å². The number of thiazole rings is 1. The molecule has 2 heterocycles. The van der Waals surface area contributed by atoms with Crippen molar-refractivity contribution < 1.29 is 19.0 Å². The predicted molar refractivity (Wildman–Crippen MR) is 181 cm³/mol. The van der Waals surface area contributed by atoms with Gasteiger partial charge >= 0.3 is 0 Å². The van der Waals surface area contributed by atoms with Gasteiger partial charge in [-0.2, -0.15) is 0 Å². The van der Waals surface area contributed by atoms with Crippen molar-refractivity contribution in [3.8, 4) is 17.2 Å². The Morgan fingerprint density at radius 2 is 1.76 bits per heavy atom. The quantitative estimate of drug-likeness (QED) is 0.198. The fourth-order valence-electron chi connectivity index (χ4n) is 5.24. The van der Waals surface area contributed by atoms with Crippen LogP contribution < -0.4 is 29.1 Å². The third kappa shape index (κ3) is 6.73. The van der Waals surface area contributed by atoms with Crippen molar-refractivity contribution in [2.24, 2.45) is 4.99 Å². The van der Waals surface area contributed by atoms with E-state index in [2.05, 4.69) is 15.9 Å². The third-order valence-corrected chi connectivity index (χ3v) is 9.45. The molecule has 234 valence electrons. The molecule has 1 aliphatic rings. The fourth-order valence-corrected chi connectivity index (χ4v) is 6.92. The lowest BCUT2D eigenvalue weighted by Gasteiger charge is -2.30. The van der Waals surface area contributed by atoms with Crippen LogP contribution in [-0.4, -0.2) is 42.7 Å². The number of allylic oxidation sites excluding steroid dienone is 1. The largest absolute Gasteiger partial charge is 0.497 e. The first kappa shape index (κ1) is 32.5. The standard InChI is InChI=1S/C34H33BrClN3O5S/c1-6-38(7-2)33(41)30-20(3)37-34-39(31(30)25-18-24(42-4)13-15-27(25)43-5)32(40)29(45-34)17-22-10-14-28(26(35)16-22)44-19-21-8-11-23(36)12-9-21/h8-18,31H,6-7,19H2,1-5H3/b29-17+/t31-/m1/s1. The maximum absolute atomic E-state index is 14.2. The Balaban J connectivity index is 1.59. The number of hydrogen-bond acceptors (Lipinski definition) is 7. The zero-order valence-electron chi connectivity index (χ0n) is 25.6. The van der Waals surface area contributed by atoms with E-state index in [-0.39, 0.29) is 11.5 Å². The second-order valence-electron chi connectivity index (χ2n) is 10.3. The number of fused-ring (bicyclic) bond motifs is 1. The first-order chi connectivity index (χ1) is 21.7. The molecule has 0 saturated carbocycles. The number of carbonyl (C=O) groups is 1. The molecule has 1 amide bonds. The summed E-state index contributed by atoms with van der Waals surface area (Å²) >= 11 is 10.9. The van der Waals surface area contributed by atoms with Crippen LogP contribution in [0, 0.1) is 0 Å². The Hall–Kier alpha value is -3.86. The van der Waals surface area contributed by atoms with E-state index in [9.17, 15) is 9.59 Å². The molecule has 4 aromatic rings. The lowest BCUT2D eigenvalue weighted by atomic mass is 9.93. The highest BCUT2D eigenvalue weighted by atomic mass is 79.9. The first-order valence-corrected chi connectivity index (χ1v) is 16.4. The van der Waals surface area contributed by atoms with Crippen LogP contribution in [0.25, 0.3) is 6.08 Å². The summed E-state index contributed by atoms with van der Waals surface area (Å²) in [6.07, 6.45) is 1.82. The highest BCUT2D eigenvalue weighted by molar-refractivity contribution is 9.10. The molecule has 0 aliphatic carbocycles. The van der Waals surface area contributed by atoms with Gasteiger partial charge in [0.15, 0.2) is 4.80 Å². The number of halogens is 2. The van der Waals surface area contributed by atoms with Crippen LogP contribution >= 0.6 is 38.9 Å². The van der Waals surface area contributed by atoms with Gasteiger partial charge in [-0.25, -0.2) is 4.99 Å². The molecular formula is C34H33BrClN3O5S. The number of ether oxygens (including phenoxy) is 3. The molecule has 45 heavy (non-hydrogen) atoms. The third-order valence-electron chi connectivity index (χ3n) is 7.60. The molecule has 8 nitrogen and oxygen atoms in total. The molecule has 1 atom stereocenters. The SMILES string of the molecule is CCN(CC)C(=O)C1=C(C)N=c2s/c(=C/c3ccc(OCc4ccc(Cl)cc4)c(Br)c3)c(=O)n2[C@@H]1c1cc(OC)ccc1OC. The minimum Gasteiger partial charge on any atom is -0.497 e. The van der Waals surface area contributed by atoms with Crippen LogP contribution in [-0.2, 0) is 11.4 Å². The monoisotopic (exact) mass is 709 g/mol. The molecule has 0 radical (unpaired) electrons. The van der Waals surface area contributed by atoms with Crippen molar-refractivity contribution >= 4 is 50.9 Å². The Morgan fingerprint density at radius 3 is 2.40 bits per heavy atom. The molecule has 0 N–H and O–H groups in total. The van der Waals surface area contributed by atoms with Gasteiger partial charge in [0, 0.05) is 23.7 Å². The summed E-state index contributed by atoms with van der Waals surface area (Å²) in [5.74, 6) is 1.61. The summed E-state index contributed by atoms with van der Waals surface area (Å²) in [5.41, 5.74) is 3.16. The number of benzene rings is 3. The molecule has 5 rings (SSSR count). The lowest BCUT2D eigenvalue weighted by Crippen LogP contribution is -2.43. The van der Waals surface area contributed by atoms with E-state index in [1.165, 1.54) is 11.3 Å². The summed E-state index contributed by atoms with van der Waals surface area (Å²) < 4.78 is 20.1. The molecular weight excluding hydrogens is 678 g/mol. The van der Waals surface area contributed by atoms with Gasteiger partial charge < -0.3 is 19.1 Å². The first-order valence-electron chi connectivity index (χ1n) is 14.4. The van der Waals surface area contributed by atoms with Gasteiger partial charge in [-0.05, 0) is 96.4 Å². The van der Waals surface area contributed by atoms with Crippen molar-refractivity contribution in [1.82, 2.24) is 9.47 Å². The zero-order chi connectivity index (χ0) is 32.2. The van der Waals surface area contributed by atoms with E-state index in [4.69, 9.17) is 30.8 Å². The number of amides is 1. The van der Waals surface area contributed by atoms with Gasteiger partial charge in [0.25, 0.3) is 11.5 Å². The van der Waals surface area contributed by atoms with Gasteiger partial charge in [0.2, 0.25) is 0 Å². The second-order valence-corrected chi connectivity index (χ2v) is 12.6. The van der Waals surface area contributed by atoms with Crippen molar-refractivity contribution in [3.05, 3.63) is 118 Å². The van der Waals surface area contributed by atoms with Crippen LogP contribution in [0.3, 0.4) is 0 Å². The van der Waals surface area contributed by atoms with E-state index < -0.39 is 6.04 Å². The topological polar surface area (TPSA) is 82.4 Å². The van der Waals surface area contributed by atoms with Gasteiger partial charge in [-0.3, -0.25) is 14.2 Å². The van der Waals surface area contributed by atoms with E-state index in [1.807, 2.05) is 75.4 Å². The molecule has 0 saturated heterocycles. The van der Waals surface area contributed by atoms with Crippen molar-refractivity contribution in [2.75, 3.05) is 27.3 Å². The van der Waals surface area contributed by atoms with Crippen LogP contribution in [0.1, 0.15) is 43.5 Å². The number of aromatic nitrogens is 1. The fraction of sp³-hybridized carbons (Fsp3) is 0.265. The lowest BCUT2D eigenvalue weighted by molar-refractivity contribution is -0.127. The Bertz CT molecular complexity index is 1950. The maximum atomic E-state index is 14.2. The minimum absolute atomic E-state index is 0.177. The van der Waals surface area contributed by atoms with Gasteiger partial charge in [-0.1, -0.05) is 41.1 Å². The minimum atomic E-state index is -0.767. The van der Waals surface area contributed by atoms with Crippen molar-refractivity contribution in [1.29, 1.82) is 0 Å². The van der Waals surface area contributed by atoms with E-state index in [0.717, 1.165) is 15.6 Å². The predicted octanol–water partition coefficient (Wildman–Crippen LogP) is 6.12. The molecule has 0 bridgehead atoms. The number of methoxy groups -OCH3 is 2. The van der Waals surface area contributed by atoms with Crippen molar-refractivity contribution in [2.45, 2.75) is 33.4 Å². The van der Waals surface area contributed by atoms with E-state index >= 15 is 0 Å². The van der Waals surface area contributed by atoms with Crippen LogP contribution in [0.15, 0.2) is 86.2 Å². The molecule has 0 unspecified atom stereocenters. The summed E-state index contributed by atoms with van der Waals surface area (Å²) in [4.78, 5) is 35.1. The molecule has 1 aliphatic heterocycles. The van der Waals surface area contributed by atoms with Gasteiger partial charge in [0.05, 0.1) is 34.5 Å². The normalized spacial score (nSPS) is 14.6. The van der Waals surface area contributed by atoms with Crippen LogP contribution in [0.2, 0.25) is 5.02 Å². The Morgan fingerprint density at radius 1 is 1.04 bits per heavy atom. The smallest absolute Gasteiger partial charge is 0.271 e. The second kappa shape index (κ2) is 14.1. The van der Waals surface area contributed by atoms with Gasteiger partial charge in [-0.15, -0.1) is 0 Å². The summed E-state index contributed by atoms with van der Waals surface area (Å²) in [6, 6.07) is 17.8. The summed E-state index contributed by atoms with van der Waals surface area (Å²) in [5, 5.41) is 0.672. The molecule has 0 fully saturated rings. The highest BCUT2D eigenvalue weighted by Gasteiger charge is 2.36. The van der Waals surface area contributed by atoms with E-state index in [1.54, 1.807) is 35.8 Å². The Kier molecular flexibility index (Phi) is 10.2. The maximum Gasteiger partial charge on any atom is 0.271 e. The van der Waals surface area contributed by atoms with E-state index in [0.29, 0.717) is 68.1 Å². The average molecular weight is 711 g/mol. The number of carbonyl (C=O) groups excluding carboxylic acids is 1. The number of hydrogen-bond donors (Lipinski definition) is 0. The number of nitrogens with zero attached hydrogens (tertiary/aromatic N) is 3. The Labute approximate surface area is 279 Å². The molecule has 3 aromatic carbocycles. The highest BCUT2D eigenvalue weighted by Crippen LogP contribution is 2.38. The molecule has 1 aromatic heterocycles. The summed E-state index contributed by atoms with van der Waals surface area (Å²) in [7, 11) is 3.14. The zero-order valence-corrected chi connectivity index (χ0v) is 28.8. The van der Waals surface area contributed by atoms with Crippen LogP contribution in [0.5, 0.6) is 17.2 Å². The van der Waals surface area contributed by atoms with Crippen LogP contribution in [0.4, 0.5) is 0 Å².